The second-order valence-electron chi connectivity index (χ2n) is 5.24. The Kier molecular flexibility index (Phi) is 4.36. The molecule has 0 radical (unpaired) electrons. The lowest BCUT2D eigenvalue weighted by Crippen LogP contribution is -2.31. The van der Waals surface area contributed by atoms with Crippen molar-refractivity contribution in [2.24, 2.45) is 0 Å². The van der Waals surface area contributed by atoms with Gasteiger partial charge in [0, 0.05) is 12.6 Å². The Balaban J connectivity index is 2.03. The van der Waals surface area contributed by atoms with Crippen molar-refractivity contribution in [3.8, 4) is 0 Å². The minimum Gasteiger partial charge on any atom is -0.387 e. The van der Waals surface area contributed by atoms with E-state index < -0.39 is 6.10 Å². The molecule has 1 unspecified atom stereocenters. The first kappa shape index (κ1) is 13.5. The van der Waals surface area contributed by atoms with E-state index in [2.05, 4.69) is 11.8 Å². The van der Waals surface area contributed by atoms with E-state index in [-0.39, 0.29) is 5.82 Å². The van der Waals surface area contributed by atoms with Gasteiger partial charge < -0.3 is 5.11 Å². The number of nitrogens with zero attached hydrogens (tertiary/aromatic N) is 1. The third-order valence-corrected chi connectivity index (χ3v) is 3.57. The van der Waals surface area contributed by atoms with Crippen LogP contribution in [0.15, 0.2) is 18.2 Å². The zero-order chi connectivity index (χ0) is 13.1. The highest BCUT2D eigenvalue weighted by molar-refractivity contribution is 5.28. The second-order valence-corrected chi connectivity index (χ2v) is 5.24. The monoisotopic (exact) mass is 251 g/mol. The highest BCUT2D eigenvalue weighted by atomic mass is 19.1. The highest BCUT2D eigenvalue weighted by Gasteiger charge is 2.30. The maximum Gasteiger partial charge on any atom is 0.123 e. The molecule has 1 N–H and O–H groups in total. The lowest BCUT2D eigenvalue weighted by atomic mass is 10.0. The summed E-state index contributed by atoms with van der Waals surface area (Å²) in [4.78, 5) is 2.35. The van der Waals surface area contributed by atoms with Crippen LogP contribution >= 0.6 is 0 Å². The van der Waals surface area contributed by atoms with Crippen molar-refractivity contribution in [2.45, 2.75) is 45.3 Å². The summed E-state index contributed by atoms with van der Waals surface area (Å²) in [5.74, 6) is -0.240. The first-order valence-electron chi connectivity index (χ1n) is 6.80. The predicted molar refractivity (Wildman–Crippen MR) is 71.0 cm³/mol. The van der Waals surface area contributed by atoms with Gasteiger partial charge in [0.25, 0.3) is 0 Å². The second kappa shape index (κ2) is 5.81. The van der Waals surface area contributed by atoms with Crippen LogP contribution in [0.25, 0.3) is 0 Å². The van der Waals surface area contributed by atoms with Crippen LogP contribution in [-0.4, -0.2) is 29.1 Å². The molecule has 3 heteroatoms. The number of aliphatic hydroxyl groups is 1. The normalized spacial score (nSPS) is 17.2. The maximum atomic E-state index is 13.0. The molecular formula is C15H22FNO. The minimum atomic E-state index is -0.516. The summed E-state index contributed by atoms with van der Waals surface area (Å²) in [6, 6.07) is 5.26. The molecule has 1 aromatic carbocycles. The summed E-state index contributed by atoms with van der Waals surface area (Å²) in [5, 5.41) is 10.3. The van der Waals surface area contributed by atoms with Crippen LogP contribution in [-0.2, 0) is 0 Å². The Morgan fingerprint density at radius 2 is 2.17 bits per heavy atom. The van der Waals surface area contributed by atoms with Gasteiger partial charge in [-0.05, 0) is 56.0 Å². The number of hydrogen-bond acceptors (Lipinski definition) is 2. The van der Waals surface area contributed by atoms with Crippen LogP contribution < -0.4 is 0 Å². The molecule has 2 nitrogen and oxygen atoms in total. The molecule has 1 saturated carbocycles. The van der Waals surface area contributed by atoms with Crippen molar-refractivity contribution < 1.29 is 9.50 Å². The molecule has 0 spiro atoms. The number of hydrogen-bond donors (Lipinski definition) is 1. The van der Waals surface area contributed by atoms with Crippen LogP contribution in [0.5, 0.6) is 0 Å². The molecule has 1 aromatic rings. The Morgan fingerprint density at radius 3 is 2.72 bits per heavy atom. The molecule has 0 saturated heterocycles. The molecule has 1 fully saturated rings. The maximum absolute atomic E-state index is 13.0. The molecule has 0 amide bonds. The van der Waals surface area contributed by atoms with Crippen LogP contribution in [0.4, 0.5) is 4.39 Å². The van der Waals surface area contributed by atoms with E-state index in [1.165, 1.54) is 25.0 Å². The Morgan fingerprint density at radius 1 is 1.44 bits per heavy atom. The van der Waals surface area contributed by atoms with E-state index in [0.29, 0.717) is 12.6 Å². The Hall–Kier alpha value is -0.930. The van der Waals surface area contributed by atoms with Gasteiger partial charge in [-0.25, -0.2) is 4.39 Å². The SMILES string of the molecule is CCCN(CC(O)c1ccc(F)cc1C)C1CC1. The van der Waals surface area contributed by atoms with Crippen molar-refractivity contribution in [1.82, 2.24) is 4.90 Å². The van der Waals surface area contributed by atoms with E-state index in [1.807, 2.05) is 6.92 Å². The van der Waals surface area contributed by atoms with Gasteiger partial charge in [-0.3, -0.25) is 4.90 Å². The summed E-state index contributed by atoms with van der Waals surface area (Å²) in [6.07, 6.45) is 3.08. The smallest absolute Gasteiger partial charge is 0.123 e. The molecule has 0 bridgehead atoms. The molecule has 18 heavy (non-hydrogen) atoms. The van der Waals surface area contributed by atoms with Gasteiger partial charge in [0.15, 0.2) is 0 Å². The molecule has 1 aliphatic rings. The number of halogens is 1. The minimum absolute atomic E-state index is 0.240. The van der Waals surface area contributed by atoms with E-state index in [0.717, 1.165) is 24.1 Å². The van der Waals surface area contributed by atoms with Gasteiger partial charge in [-0.2, -0.15) is 0 Å². The molecule has 1 aliphatic carbocycles. The molecule has 0 aromatic heterocycles. The molecule has 0 heterocycles. The third-order valence-electron chi connectivity index (χ3n) is 3.57. The van der Waals surface area contributed by atoms with Crippen molar-refractivity contribution in [3.63, 3.8) is 0 Å². The van der Waals surface area contributed by atoms with Crippen molar-refractivity contribution >= 4 is 0 Å². The van der Waals surface area contributed by atoms with Gasteiger partial charge in [0.1, 0.15) is 5.82 Å². The summed E-state index contributed by atoms with van der Waals surface area (Å²) in [6.45, 7) is 5.70. The van der Waals surface area contributed by atoms with E-state index in [9.17, 15) is 9.50 Å². The fraction of sp³-hybridized carbons (Fsp3) is 0.600. The van der Waals surface area contributed by atoms with E-state index in [4.69, 9.17) is 0 Å². The van der Waals surface area contributed by atoms with E-state index in [1.54, 1.807) is 6.07 Å². The van der Waals surface area contributed by atoms with Gasteiger partial charge in [0.2, 0.25) is 0 Å². The van der Waals surface area contributed by atoms with Crippen LogP contribution in [0.3, 0.4) is 0 Å². The Labute approximate surface area is 108 Å². The van der Waals surface area contributed by atoms with Gasteiger partial charge in [-0.15, -0.1) is 0 Å². The number of aliphatic hydroxyl groups excluding tert-OH is 1. The molecule has 1 atom stereocenters. The van der Waals surface area contributed by atoms with Gasteiger partial charge in [0.05, 0.1) is 6.10 Å². The standard InChI is InChI=1S/C15H22FNO/c1-3-8-17(13-5-6-13)10-15(18)14-7-4-12(16)9-11(14)2/h4,7,9,13,15,18H,3,5-6,8,10H2,1-2H3. The molecular weight excluding hydrogens is 229 g/mol. The summed E-state index contributed by atoms with van der Waals surface area (Å²) < 4.78 is 13.0. The largest absolute Gasteiger partial charge is 0.387 e. The lowest BCUT2D eigenvalue weighted by Gasteiger charge is -2.25. The number of aryl methyl sites for hydroxylation is 1. The molecule has 0 aliphatic heterocycles. The Bertz CT molecular complexity index is 403. The van der Waals surface area contributed by atoms with Crippen molar-refractivity contribution in [1.29, 1.82) is 0 Å². The highest BCUT2D eigenvalue weighted by Crippen LogP contribution is 2.29. The average Bonchev–Trinajstić information content (AvgIpc) is 3.11. The summed E-state index contributed by atoms with van der Waals surface area (Å²) in [7, 11) is 0. The van der Waals surface area contributed by atoms with Crippen LogP contribution in [0.2, 0.25) is 0 Å². The van der Waals surface area contributed by atoms with Crippen LogP contribution in [0.1, 0.15) is 43.4 Å². The average molecular weight is 251 g/mol. The van der Waals surface area contributed by atoms with Crippen molar-refractivity contribution in [2.75, 3.05) is 13.1 Å². The third kappa shape index (κ3) is 3.30. The summed E-state index contributed by atoms with van der Waals surface area (Å²) >= 11 is 0. The molecule has 2 rings (SSSR count). The zero-order valence-corrected chi connectivity index (χ0v) is 11.2. The quantitative estimate of drug-likeness (QED) is 0.840. The van der Waals surface area contributed by atoms with Crippen LogP contribution in [0, 0.1) is 12.7 Å². The lowest BCUT2D eigenvalue weighted by molar-refractivity contribution is 0.108. The topological polar surface area (TPSA) is 23.5 Å². The van der Waals surface area contributed by atoms with Crippen molar-refractivity contribution in [3.05, 3.63) is 35.1 Å². The fourth-order valence-electron chi connectivity index (χ4n) is 2.48. The predicted octanol–water partition coefficient (Wildman–Crippen LogP) is 3.04. The summed E-state index contributed by atoms with van der Waals surface area (Å²) in [5.41, 5.74) is 1.67. The number of benzene rings is 1. The first-order chi connectivity index (χ1) is 8.61. The van der Waals surface area contributed by atoms with Gasteiger partial charge >= 0.3 is 0 Å². The number of rotatable bonds is 6. The first-order valence-corrected chi connectivity index (χ1v) is 6.80. The van der Waals surface area contributed by atoms with Gasteiger partial charge in [-0.1, -0.05) is 13.0 Å². The van der Waals surface area contributed by atoms with E-state index >= 15 is 0 Å². The fourth-order valence-corrected chi connectivity index (χ4v) is 2.48. The molecule has 100 valence electrons. The zero-order valence-electron chi connectivity index (χ0n) is 11.2.